The van der Waals surface area contributed by atoms with Crippen molar-refractivity contribution in [1.29, 1.82) is 0 Å². The van der Waals surface area contributed by atoms with Crippen molar-refractivity contribution in [2.75, 3.05) is 20.1 Å². The number of likely N-dealkylation sites (N-methyl/N-ethyl adjacent to an activating group) is 1. The van der Waals surface area contributed by atoms with E-state index in [1.165, 1.54) is 17.7 Å². The van der Waals surface area contributed by atoms with Gasteiger partial charge in [0.2, 0.25) is 5.91 Å². The van der Waals surface area contributed by atoms with Crippen LogP contribution < -0.4 is 5.32 Å². The average molecular weight is 413 g/mol. The molecule has 0 saturated carbocycles. The molecule has 2 aliphatic rings. The number of hydrogen-bond donors (Lipinski definition) is 1. The number of amides is 1. The standard InChI is InChI=1S/C23H22F3N3O/c1-29-12-9-16(10-13-29)18-8-11-27-19-6-7-20(22(18)19)28-21(30)14-15-2-4-17(5-3-15)23(24,25)26/h2-5,7-9,11H,6,10,12-14H2,1H3,(H,28,30). The maximum Gasteiger partial charge on any atom is 0.416 e. The fourth-order valence-electron chi connectivity index (χ4n) is 3.85. The zero-order chi connectivity index (χ0) is 21.3. The highest BCUT2D eigenvalue weighted by atomic mass is 19.4. The zero-order valence-corrected chi connectivity index (χ0v) is 16.6. The predicted molar refractivity (Wildman–Crippen MR) is 109 cm³/mol. The van der Waals surface area contributed by atoms with Crippen LogP contribution in [0, 0.1) is 0 Å². The number of halogens is 3. The van der Waals surface area contributed by atoms with E-state index in [9.17, 15) is 18.0 Å². The van der Waals surface area contributed by atoms with Crippen molar-refractivity contribution in [2.24, 2.45) is 0 Å². The Bertz CT molecular complexity index is 1020. The first kappa shape index (κ1) is 20.3. The number of carbonyl (C=O) groups is 1. The van der Waals surface area contributed by atoms with Gasteiger partial charge in [-0.15, -0.1) is 0 Å². The van der Waals surface area contributed by atoms with Crippen molar-refractivity contribution in [3.63, 3.8) is 0 Å². The van der Waals surface area contributed by atoms with Crippen molar-refractivity contribution in [3.8, 4) is 0 Å². The second-order valence-corrected chi connectivity index (χ2v) is 7.66. The summed E-state index contributed by atoms with van der Waals surface area (Å²) in [7, 11) is 2.08. The molecule has 2 aromatic rings. The van der Waals surface area contributed by atoms with Crippen LogP contribution in [0.5, 0.6) is 0 Å². The van der Waals surface area contributed by atoms with Gasteiger partial charge in [0.1, 0.15) is 0 Å². The summed E-state index contributed by atoms with van der Waals surface area (Å²) in [6, 6.07) is 6.67. The summed E-state index contributed by atoms with van der Waals surface area (Å²) in [4.78, 5) is 19.3. The second kappa shape index (κ2) is 8.07. The number of fused-ring (bicyclic) bond motifs is 1. The second-order valence-electron chi connectivity index (χ2n) is 7.66. The van der Waals surface area contributed by atoms with Crippen molar-refractivity contribution in [3.05, 3.63) is 76.6 Å². The molecule has 7 heteroatoms. The quantitative estimate of drug-likeness (QED) is 0.822. The molecule has 1 aromatic carbocycles. The number of aromatic nitrogens is 1. The molecule has 4 rings (SSSR count). The highest BCUT2D eigenvalue weighted by molar-refractivity contribution is 5.92. The Hall–Kier alpha value is -2.93. The summed E-state index contributed by atoms with van der Waals surface area (Å²) in [6.07, 6.45) is 3.15. The highest BCUT2D eigenvalue weighted by Gasteiger charge is 2.30. The molecule has 1 aliphatic heterocycles. The number of carbonyl (C=O) groups excluding carboxylic acids is 1. The molecular formula is C23H22F3N3O. The summed E-state index contributed by atoms with van der Waals surface area (Å²) >= 11 is 0. The van der Waals surface area contributed by atoms with Crippen LogP contribution in [0.2, 0.25) is 0 Å². The van der Waals surface area contributed by atoms with Gasteiger partial charge < -0.3 is 10.2 Å². The molecule has 4 nitrogen and oxygen atoms in total. The number of nitrogens with zero attached hydrogens (tertiary/aromatic N) is 2. The van der Waals surface area contributed by atoms with Crippen LogP contribution >= 0.6 is 0 Å². The van der Waals surface area contributed by atoms with Crippen LogP contribution in [0.25, 0.3) is 11.3 Å². The van der Waals surface area contributed by atoms with E-state index in [4.69, 9.17) is 0 Å². The van der Waals surface area contributed by atoms with Gasteiger partial charge in [-0.3, -0.25) is 9.78 Å². The molecule has 0 fully saturated rings. The average Bonchev–Trinajstić information content (AvgIpc) is 3.11. The molecule has 0 spiro atoms. The van der Waals surface area contributed by atoms with Gasteiger partial charge in [0.05, 0.1) is 17.7 Å². The van der Waals surface area contributed by atoms with Crippen LogP contribution in [-0.4, -0.2) is 35.9 Å². The fourth-order valence-corrected chi connectivity index (χ4v) is 3.85. The summed E-state index contributed by atoms with van der Waals surface area (Å²) in [5, 5.41) is 2.94. The number of alkyl halides is 3. The molecule has 1 aliphatic carbocycles. The van der Waals surface area contributed by atoms with E-state index < -0.39 is 11.7 Å². The zero-order valence-electron chi connectivity index (χ0n) is 16.6. The molecule has 2 heterocycles. The number of nitrogens with one attached hydrogen (secondary N) is 1. The monoisotopic (exact) mass is 413 g/mol. The molecule has 30 heavy (non-hydrogen) atoms. The molecule has 0 bridgehead atoms. The molecule has 1 amide bonds. The Morgan fingerprint density at radius 1 is 1.17 bits per heavy atom. The molecule has 0 saturated heterocycles. The maximum atomic E-state index is 12.7. The SMILES string of the molecule is CN1CC=C(c2ccnc3c2C(NC(=O)Cc2ccc(C(F)(F)F)cc2)=CC3)CC1. The largest absolute Gasteiger partial charge is 0.416 e. The Kier molecular flexibility index (Phi) is 5.47. The molecule has 0 unspecified atom stereocenters. The third kappa shape index (κ3) is 4.31. The maximum absolute atomic E-state index is 12.7. The fraction of sp³-hybridized carbons (Fsp3) is 0.304. The highest BCUT2D eigenvalue weighted by Crippen LogP contribution is 2.34. The minimum absolute atomic E-state index is 0.00783. The topological polar surface area (TPSA) is 45.2 Å². The molecule has 0 radical (unpaired) electrons. The third-order valence-corrected chi connectivity index (χ3v) is 5.48. The van der Waals surface area contributed by atoms with E-state index in [1.54, 1.807) is 6.20 Å². The summed E-state index contributed by atoms with van der Waals surface area (Å²) in [6.45, 7) is 1.86. The van der Waals surface area contributed by atoms with Gasteiger partial charge >= 0.3 is 6.18 Å². The van der Waals surface area contributed by atoms with Gasteiger partial charge in [0, 0.05) is 37.0 Å². The van der Waals surface area contributed by atoms with E-state index in [1.807, 2.05) is 12.1 Å². The lowest BCUT2D eigenvalue weighted by Gasteiger charge is -2.23. The summed E-state index contributed by atoms with van der Waals surface area (Å²) < 4.78 is 38.1. The Morgan fingerprint density at radius 2 is 1.93 bits per heavy atom. The summed E-state index contributed by atoms with van der Waals surface area (Å²) in [5.41, 5.74) is 4.75. The van der Waals surface area contributed by atoms with Gasteiger partial charge in [-0.2, -0.15) is 13.2 Å². The molecule has 156 valence electrons. The Labute approximate surface area is 173 Å². The van der Waals surface area contributed by atoms with Gasteiger partial charge in [0.15, 0.2) is 0 Å². The first-order valence-electron chi connectivity index (χ1n) is 9.83. The van der Waals surface area contributed by atoms with Gasteiger partial charge in [-0.25, -0.2) is 0 Å². The number of hydrogen-bond acceptors (Lipinski definition) is 3. The van der Waals surface area contributed by atoms with Crippen LogP contribution in [0.1, 0.15) is 34.4 Å². The van der Waals surface area contributed by atoms with Crippen molar-refractivity contribution < 1.29 is 18.0 Å². The third-order valence-electron chi connectivity index (χ3n) is 5.48. The van der Waals surface area contributed by atoms with Crippen LogP contribution in [-0.2, 0) is 23.8 Å². The number of pyridine rings is 1. The number of benzene rings is 1. The molecule has 0 atom stereocenters. The number of rotatable bonds is 4. The van der Waals surface area contributed by atoms with Gasteiger partial charge in [-0.1, -0.05) is 24.3 Å². The molecule has 1 aromatic heterocycles. The Balaban J connectivity index is 1.49. The van der Waals surface area contributed by atoms with E-state index in [2.05, 4.69) is 28.3 Å². The predicted octanol–water partition coefficient (Wildman–Crippen LogP) is 4.08. The lowest BCUT2D eigenvalue weighted by molar-refractivity contribution is -0.137. The van der Waals surface area contributed by atoms with E-state index in [-0.39, 0.29) is 12.3 Å². The minimum Gasteiger partial charge on any atom is -0.325 e. The van der Waals surface area contributed by atoms with E-state index >= 15 is 0 Å². The lowest BCUT2D eigenvalue weighted by atomic mass is 9.94. The van der Waals surface area contributed by atoms with Gasteiger partial charge in [0.25, 0.3) is 0 Å². The van der Waals surface area contributed by atoms with Crippen LogP contribution in [0.3, 0.4) is 0 Å². The van der Waals surface area contributed by atoms with Crippen molar-refractivity contribution in [2.45, 2.75) is 25.4 Å². The molecule has 1 N–H and O–H groups in total. The minimum atomic E-state index is -4.38. The Morgan fingerprint density at radius 3 is 2.60 bits per heavy atom. The van der Waals surface area contributed by atoms with Crippen molar-refractivity contribution >= 4 is 17.2 Å². The molecular weight excluding hydrogens is 391 g/mol. The van der Waals surface area contributed by atoms with Crippen molar-refractivity contribution in [1.82, 2.24) is 15.2 Å². The van der Waals surface area contributed by atoms with E-state index in [0.29, 0.717) is 12.0 Å². The first-order valence-corrected chi connectivity index (χ1v) is 9.83. The van der Waals surface area contributed by atoms with Gasteiger partial charge in [-0.05, 0) is 48.4 Å². The number of allylic oxidation sites excluding steroid dienone is 1. The van der Waals surface area contributed by atoms with E-state index in [0.717, 1.165) is 54.2 Å². The smallest absolute Gasteiger partial charge is 0.325 e. The van der Waals surface area contributed by atoms with Crippen LogP contribution in [0.4, 0.5) is 13.2 Å². The van der Waals surface area contributed by atoms with Crippen LogP contribution in [0.15, 0.2) is 48.7 Å². The normalized spacial score (nSPS) is 16.7. The lowest BCUT2D eigenvalue weighted by Crippen LogP contribution is -2.25. The first-order chi connectivity index (χ1) is 14.3. The summed E-state index contributed by atoms with van der Waals surface area (Å²) in [5.74, 6) is -0.263.